The highest BCUT2D eigenvalue weighted by atomic mass is 16.7. The summed E-state index contributed by atoms with van der Waals surface area (Å²) in [6.07, 6.45) is 7.77. The average Bonchev–Trinajstić information content (AvgIpc) is 3.14. The van der Waals surface area contributed by atoms with Gasteiger partial charge in [0.2, 0.25) is 0 Å². The number of ketones is 1. The lowest BCUT2D eigenvalue weighted by molar-refractivity contribution is -0.212. The van der Waals surface area contributed by atoms with Crippen molar-refractivity contribution in [1.82, 2.24) is 0 Å². The van der Waals surface area contributed by atoms with E-state index in [0.717, 1.165) is 12.8 Å². The van der Waals surface area contributed by atoms with Crippen LogP contribution >= 0.6 is 0 Å². The first-order valence-electron chi connectivity index (χ1n) is 15.2. The van der Waals surface area contributed by atoms with Gasteiger partial charge in [-0.3, -0.25) is 9.59 Å². The Morgan fingerprint density at radius 3 is 2.38 bits per heavy atom. The zero-order chi connectivity index (χ0) is 29.2. The standard InChI is InChI=1S/C33H48O7/c1-17(34)38-25-15-23-29(2,3)24(36)12-13-31(23,6)26-20(35)16-32(7)19(10-11-22(32)33(25,26)8)18-14-21(39-28(18)37-9)27-30(4,5)40-27/h11-13,18-21,23,25-28,35H,10,14-16H2,1-9H3/t18-,19-,20+,21-,23-,25+,26+,27-,28+,31-,32-,33+/m0/s1. The van der Waals surface area contributed by atoms with E-state index in [1.165, 1.54) is 12.5 Å². The normalized spacial score (nSPS) is 51.9. The highest BCUT2D eigenvalue weighted by Crippen LogP contribution is 2.73. The minimum Gasteiger partial charge on any atom is -0.462 e. The summed E-state index contributed by atoms with van der Waals surface area (Å²) in [5.41, 5.74) is -0.811. The number of fused-ring (bicyclic) bond motifs is 5. The SMILES string of the molecule is CO[C@@H]1O[C@H]([C@@H]2OC2(C)C)C[C@H]1[C@@H]1CC=C2[C@@]3(C)[C@H]([C@H](O)C[C@]21C)[C@@]1(C)C=CC(=O)C(C)(C)[C@@H]1C[C@H]3OC(C)=O. The maximum Gasteiger partial charge on any atom is 0.302 e. The number of aliphatic hydroxyl groups excluding tert-OH is 1. The van der Waals surface area contributed by atoms with Gasteiger partial charge in [-0.15, -0.1) is 0 Å². The van der Waals surface area contributed by atoms with Crippen molar-refractivity contribution in [2.75, 3.05) is 7.11 Å². The second kappa shape index (κ2) is 8.75. The van der Waals surface area contributed by atoms with Gasteiger partial charge in [0.15, 0.2) is 12.1 Å². The van der Waals surface area contributed by atoms with Gasteiger partial charge in [0.25, 0.3) is 0 Å². The second-order valence-corrected chi connectivity index (χ2v) is 15.4. The van der Waals surface area contributed by atoms with Crippen molar-refractivity contribution in [2.45, 2.75) is 117 Å². The van der Waals surface area contributed by atoms with Gasteiger partial charge in [-0.1, -0.05) is 52.3 Å². The van der Waals surface area contributed by atoms with Crippen molar-refractivity contribution in [1.29, 1.82) is 0 Å². The van der Waals surface area contributed by atoms with Crippen LogP contribution < -0.4 is 0 Å². The summed E-state index contributed by atoms with van der Waals surface area (Å²) in [6.45, 7) is 16.4. The number of carbonyl (C=O) groups excluding carboxylic acids is 2. The lowest BCUT2D eigenvalue weighted by atomic mass is 9.37. The van der Waals surface area contributed by atoms with Crippen LogP contribution in [0.5, 0.6) is 0 Å². The Morgan fingerprint density at radius 2 is 1.77 bits per heavy atom. The topological polar surface area (TPSA) is 94.6 Å². The van der Waals surface area contributed by atoms with Gasteiger partial charge in [-0.05, 0) is 68.3 Å². The molecule has 0 amide bonds. The first kappa shape index (κ1) is 28.6. The summed E-state index contributed by atoms with van der Waals surface area (Å²) in [7, 11) is 1.72. The Labute approximate surface area is 239 Å². The lowest BCUT2D eigenvalue weighted by Gasteiger charge is -2.67. The van der Waals surface area contributed by atoms with E-state index in [2.05, 4.69) is 46.8 Å². The minimum absolute atomic E-state index is 0.00950. The quantitative estimate of drug-likeness (QED) is 0.296. The Bertz CT molecular complexity index is 1170. The van der Waals surface area contributed by atoms with E-state index in [1.807, 2.05) is 13.8 Å². The Morgan fingerprint density at radius 1 is 1.10 bits per heavy atom. The van der Waals surface area contributed by atoms with Crippen LogP contribution in [0.3, 0.4) is 0 Å². The van der Waals surface area contributed by atoms with Gasteiger partial charge in [0.1, 0.15) is 12.2 Å². The largest absolute Gasteiger partial charge is 0.462 e. The van der Waals surface area contributed by atoms with Crippen LogP contribution in [0.1, 0.15) is 81.1 Å². The van der Waals surface area contributed by atoms with Gasteiger partial charge in [-0.2, -0.15) is 0 Å². The molecular formula is C33H48O7. The molecule has 6 rings (SSSR count). The fraction of sp³-hybridized carbons (Fsp3) is 0.818. The van der Waals surface area contributed by atoms with Gasteiger partial charge < -0.3 is 24.1 Å². The number of hydrogen-bond acceptors (Lipinski definition) is 7. The molecule has 0 bridgehead atoms. The van der Waals surface area contributed by atoms with Crippen LogP contribution in [-0.2, 0) is 28.5 Å². The number of epoxide rings is 1. The van der Waals surface area contributed by atoms with E-state index in [1.54, 1.807) is 13.2 Å². The molecule has 2 aliphatic heterocycles. The molecule has 4 aliphatic carbocycles. The summed E-state index contributed by atoms with van der Waals surface area (Å²) >= 11 is 0. The van der Waals surface area contributed by atoms with Crippen molar-refractivity contribution in [2.24, 2.45) is 45.3 Å². The Balaban J connectivity index is 1.40. The zero-order valence-electron chi connectivity index (χ0n) is 25.7. The minimum atomic E-state index is -0.628. The third-order valence-electron chi connectivity index (χ3n) is 12.5. The summed E-state index contributed by atoms with van der Waals surface area (Å²) in [5.74, 6) is -0.0996. The number of ether oxygens (including phenoxy) is 4. The molecule has 4 fully saturated rings. The summed E-state index contributed by atoms with van der Waals surface area (Å²) < 4.78 is 24.5. The van der Waals surface area contributed by atoms with Crippen LogP contribution in [0.4, 0.5) is 0 Å². The molecule has 0 radical (unpaired) electrons. The Kier molecular flexibility index (Phi) is 6.25. The molecule has 40 heavy (non-hydrogen) atoms. The lowest BCUT2D eigenvalue weighted by Crippen LogP contribution is -2.68. The fourth-order valence-electron chi connectivity index (χ4n) is 10.8. The van der Waals surface area contributed by atoms with Gasteiger partial charge in [0, 0.05) is 36.7 Å². The van der Waals surface area contributed by atoms with E-state index in [0.29, 0.717) is 12.8 Å². The van der Waals surface area contributed by atoms with Crippen LogP contribution in [-0.4, -0.2) is 60.3 Å². The molecule has 7 heteroatoms. The molecule has 0 aromatic carbocycles. The molecule has 7 nitrogen and oxygen atoms in total. The highest BCUT2D eigenvalue weighted by molar-refractivity contribution is 5.95. The van der Waals surface area contributed by atoms with E-state index in [9.17, 15) is 14.7 Å². The Hall–Kier alpha value is -1.54. The average molecular weight is 557 g/mol. The number of rotatable bonds is 4. The number of methoxy groups -OCH3 is 1. The van der Waals surface area contributed by atoms with Crippen molar-refractivity contribution >= 4 is 11.8 Å². The number of carbonyl (C=O) groups is 2. The first-order valence-corrected chi connectivity index (χ1v) is 15.2. The number of aliphatic hydroxyl groups is 1. The van der Waals surface area contributed by atoms with E-state index < -0.39 is 28.5 Å². The highest BCUT2D eigenvalue weighted by Gasteiger charge is 2.71. The molecule has 0 spiro atoms. The number of allylic oxidation sites excluding steroid dienone is 3. The van der Waals surface area contributed by atoms with Crippen LogP contribution in [0.2, 0.25) is 0 Å². The van der Waals surface area contributed by atoms with Crippen molar-refractivity contribution in [3.05, 3.63) is 23.8 Å². The molecule has 222 valence electrons. The van der Waals surface area contributed by atoms with Crippen molar-refractivity contribution in [3.63, 3.8) is 0 Å². The van der Waals surface area contributed by atoms with Crippen molar-refractivity contribution < 1.29 is 33.6 Å². The number of esters is 1. The zero-order valence-corrected chi connectivity index (χ0v) is 25.7. The molecule has 12 atom stereocenters. The number of hydrogen-bond donors (Lipinski definition) is 1. The monoisotopic (exact) mass is 556 g/mol. The molecule has 1 N–H and O–H groups in total. The van der Waals surface area contributed by atoms with Crippen LogP contribution in [0, 0.1) is 45.3 Å². The maximum absolute atomic E-state index is 13.1. The van der Waals surface area contributed by atoms with E-state index >= 15 is 0 Å². The molecule has 2 saturated carbocycles. The van der Waals surface area contributed by atoms with Gasteiger partial charge in [0.05, 0.1) is 17.8 Å². The fourth-order valence-corrected chi connectivity index (χ4v) is 10.8. The maximum atomic E-state index is 13.1. The summed E-state index contributed by atoms with van der Waals surface area (Å²) in [5, 5.41) is 12.2. The van der Waals surface area contributed by atoms with E-state index in [4.69, 9.17) is 18.9 Å². The molecule has 0 aromatic heterocycles. The molecular weight excluding hydrogens is 508 g/mol. The molecule has 0 aromatic rings. The van der Waals surface area contributed by atoms with Crippen molar-refractivity contribution in [3.8, 4) is 0 Å². The van der Waals surface area contributed by atoms with Gasteiger partial charge >= 0.3 is 5.97 Å². The van der Waals surface area contributed by atoms with Crippen LogP contribution in [0.15, 0.2) is 23.8 Å². The summed E-state index contributed by atoms with van der Waals surface area (Å²) in [6, 6.07) is 0. The third kappa shape index (κ3) is 3.69. The molecule has 6 aliphatic rings. The predicted molar refractivity (Wildman–Crippen MR) is 149 cm³/mol. The molecule has 0 unspecified atom stereocenters. The van der Waals surface area contributed by atoms with Crippen LogP contribution in [0.25, 0.3) is 0 Å². The molecule has 2 saturated heterocycles. The smallest absolute Gasteiger partial charge is 0.302 e. The van der Waals surface area contributed by atoms with E-state index in [-0.39, 0.29) is 64.9 Å². The van der Waals surface area contributed by atoms with Gasteiger partial charge in [-0.25, -0.2) is 0 Å². The predicted octanol–water partition coefficient (Wildman–Crippen LogP) is 5.00. The summed E-state index contributed by atoms with van der Waals surface area (Å²) in [4.78, 5) is 25.6. The second-order valence-electron chi connectivity index (χ2n) is 15.4. The third-order valence-corrected chi connectivity index (χ3v) is 12.5. The first-order chi connectivity index (χ1) is 18.5. The molecule has 2 heterocycles.